The number of rotatable bonds is 4. The predicted octanol–water partition coefficient (Wildman–Crippen LogP) is 2.39. The molecule has 0 saturated carbocycles. The summed E-state index contributed by atoms with van der Waals surface area (Å²) in [5.74, 6) is 2.16. The SMILES string of the molecule is [B][C@@H]1O[C@H](CC)[C@@H](OP2(=S)SCCS2)[C@H]1OC. The van der Waals surface area contributed by atoms with Gasteiger partial charge in [0.05, 0.1) is 6.10 Å². The Hall–Kier alpha value is 1.29. The lowest BCUT2D eigenvalue weighted by Gasteiger charge is -2.26. The smallest absolute Gasteiger partial charge is 0.175 e. The third kappa shape index (κ3) is 3.25. The van der Waals surface area contributed by atoms with Gasteiger partial charge in [-0.25, -0.2) is 0 Å². The number of hydrogen-bond donors (Lipinski definition) is 0. The van der Waals surface area contributed by atoms with Gasteiger partial charge in [-0.05, 0) is 18.2 Å². The maximum absolute atomic E-state index is 6.16. The predicted molar refractivity (Wildman–Crippen MR) is 79.6 cm³/mol. The fraction of sp³-hybridized carbons (Fsp3) is 1.00. The summed E-state index contributed by atoms with van der Waals surface area (Å²) in [6, 6.07) is -0.408. The molecule has 96 valence electrons. The molecule has 8 heteroatoms. The van der Waals surface area contributed by atoms with Crippen molar-refractivity contribution in [2.45, 2.75) is 37.7 Å². The van der Waals surface area contributed by atoms with Crippen LogP contribution in [0.2, 0.25) is 0 Å². The molecule has 0 aliphatic carbocycles. The molecule has 3 nitrogen and oxygen atoms in total. The minimum absolute atomic E-state index is 0.00317. The molecule has 4 atom stereocenters. The number of hydrogen-bond acceptors (Lipinski definition) is 6. The molecule has 2 fully saturated rings. The van der Waals surface area contributed by atoms with Crippen LogP contribution in [-0.4, -0.2) is 50.8 Å². The van der Waals surface area contributed by atoms with Crippen molar-refractivity contribution >= 4 is 47.1 Å². The first-order valence-corrected chi connectivity index (χ1v) is 11.5. The topological polar surface area (TPSA) is 27.7 Å². The molecule has 2 aliphatic heterocycles. The minimum atomic E-state index is -1.80. The van der Waals surface area contributed by atoms with E-state index in [0.29, 0.717) is 0 Å². The zero-order valence-electron chi connectivity index (χ0n) is 9.90. The van der Waals surface area contributed by atoms with E-state index in [1.807, 2.05) is 0 Å². The van der Waals surface area contributed by atoms with Crippen LogP contribution in [0.3, 0.4) is 0 Å². The summed E-state index contributed by atoms with van der Waals surface area (Å²) in [5, 5.41) is 0. The van der Waals surface area contributed by atoms with Gasteiger partial charge in [-0.3, -0.25) is 0 Å². The van der Waals surface area contributed by atoms with Gasteiger partial charge in [0, 0.05) is 24.6 Å². The normalized spacial score (nSPS) is 40.8. The van der Waals surface area contributed by atoms with Gasteiger partial charge in [-0.2, -0.15) is 0 Å². The average molecular weight is 310 g/mol. The van der Waals surface area contributed by atoms with Crippen LogP contribution in [0.25, 0.3) is 0 Å². The van der Waals surface area contributed by atoms with Crippen LogP contribution < -0.4 is 0 Å². The second kappa shape index (κ2) is 6.16. The Morgan fingerprint density at radius 3 is 2.59 bits per heavy atom. The third-order valence-corrected chi connectivity index (χ3v) is 12.6. The summed E-state index contributed by atoms with van der Waals surface area (Å²) in [7, 11) is 7.55. The van der Waals surface area contributed by atoms with Gasteiger partial charge >= 0.3 is 0 Å². The van der Waals surface area contributed by atoms with Gasteiger partial charge in [0.1, 0.15) is 20.1 Å². The van der Waals surface area contributed by atoms with Crippen molar-refractivity contribution in [2.75, 3.05) is 18.6 Å². The van der Waals surface area contributed by atoms with Gasteiger partial charge in [0.2, 0.25) is 0 Å². The van der Waals surface area contributed by atoms with Crippen LogP contribution in [0.1, 0.15) is 13.3 Å². The van der Waals surface area contributed by atoms with Gasteiger partial charge in [-0.15, -0.1) is 0 Å². The molecule has 0 unspecified atom stereocenters. The van der Waals surface area contributed by atoms with Crippen molar-refractivity contribution in [3.05, 3.63) is 0 Å². The molecule has 0 amide bonds. The van der Waals surface area contributed by atoms with E-state index in [4.69, 9.17) is 33.7 Å². The zero-order valence-corrected chi connectivity index (χ0v) is 13.2. The maximum atomic E-state index is 6.16. The molecule has 2 heterocycles. The first-order chi connectivity index (χ1) is 8.09. The maximum Gasteiger partial charge on any atom is 0.175 e. The van der Waals surface area contributed by atoms with Gasteiger partial charge in [0.25, 0.3) is 0 Å². The zero-order chi connectivity index (χ0) is 12.5. The Labute approximate surface area is 117 Å². The van der Waals surface area contributed by atoms with Crippen LogP contribution in [-0.2, 0) is 25.8 Å². The summed E-state index contributed by atoms with van der Waals surface area (Å²) >= 11 is 9.15. The Morgan fingerprint density at radius 1 is 1.41 bits per heavy atom. The third-order valence-electron chi connectivity index (χ3n) is 2.85. The molecule has 2 aliphatic rings. The first kappa shape index (κ1) is 14.7. The van der Waals surface area contributed by atoms with Crippen LogP contribution in [0.4, 0.5) is 0 Å². The quantitative estimate of drug-likeness (QED) is 0.585. The van der Waals surface area contributed by atoms with Crippen molar-refractivity contribution in [1.29, 1.82) is 0 Å². The van der Waals surface area contributed by atoms with E-state index < -0.39 is 10.7 Å². The number of ether oxygens (including phenoxy) is 2. The lowest BCUT2D eigenvalue weighted by molar-refractivity contribution is 0.0261. The van der Waals surface area contributed by atoms with Crippen LogP contribution in [0.5, 0.6) is 0 Å². The highest BCUT2D eigenvalue weighted by Gasteiger charge is 2.45. The summed E-state index contributed by atoms with van der Waals surface area (Å²) in [5.41, 5.74) is 0. The second-order valence-corrected chi connectivity index (χ2v) is 14.6. The number of methoxy groups -OCH3 is 1. The fourth-order valence-corrected chi connectivity index (χ4v) is 11.3. The summed E-state index contributed by atoms with van der Waals surface area (Å²) in [6.07, 6.45) is 0.533. The molecule has 0 N–H and O–H groups in total. The Kier molecular flexibility index (Phi) is 5.33. The molecule has 0 aromatic rings. The van der Waals surface area contributed by atoms with Crippen molar-refractivity contribution in [3.63, 3.8) is 0 Å². The van der Waals surface area contributed by atoms with Crippen LogP contribution in [0, 0.1) is 0 Å². The molecule has 2 radical (unpaired) electrons. The van der Waals surface area contributed by atoms with E-state index in [-0.39, 0.29) is 18.3 Å². The van der Waals surface area contributed by atoms with Crippen molar-refractivity contribution in [3.8, 4) is 0 Å². The standard InChI is InChI=1S/C9H16BO3PS3/c1-3-6-7(8(11-2)9(10)12-6)13-14(15)16-4-5-17-14/h6-9H,3-5H2,1-2H3/t6-,7-,8-,9-/m1/s1. The summed E-state index contributed by atoms with van der Waals surface area (Å²) in [6.45, 7) is 2.06. The van der Waals surface area contributed by atoms with E-state index >= 15 is 0 Å². The average Bonchev–Trinajstić information content (AvgIpc) is 2.84. The lowest BCUT2D eigenvalue weighted by Crippen LogP contribution is -2.35. The van der Waals surface area contributed by atoms with Crippen molar-refractivity contribution < 1.29 is 14.0 Å². The van der Waals surface area contributed by atoms with Gasteiger partial charge in [0.15, 0.2) is 4.67 Å². The molecule has 0 aromatic heterocycles. The molecular formula is C9H16BO3PS3. The van der Waals surface area contributed by atoms with E-state index in [1.54, 1.807) is 29.9 Å². The molecular weight excluding hydrogens is 294 g/mol. The fourth-order valence-electron chi connectivity index (χ4n) is 2.03. The highest BCUT2D eigenvalue weighted by atomic mass is 33.2. The van der Waals surface area contributed by atoms with E-state index in [1.165, 1.54) is 0 Å². The lowest BCUT2D eigenvalue weighted by atomic mass is 9.92. The molecule has 0 aromatic carbocycles. The van der Waals surface area contributed by atoms with E-state index in [9.17, 15) is 0 Å². The molecule has 2 saturated heterocycles. The van der Waals surface area contributed by atoms with Gasteiger partial charge < -0.3 is 14.0 Å². The molecule has 0 bridgehead atoms. The Bertz CT molecular complexity index is 310. The van der Waals surface area contributed by atoms with E-state index in [0.717, 1.165) is 17.9 Å². The monoisotopic (exact) mass is 310 g/mol. The summed E-state index contributed by atoms with van der Waals surface area (Å²) in [4.78, 5) is 0. The highest BCUT2D eigenvalue weighted by Crippen LogP contribution is 2.75. The van der Waals surface area contributed by atoms with Gasteiger partial charge in [-0.1, -0.05) is 29.7 Å². The van der Waals surface area contributed by atoms with Crippen LogP contribution >= 0.6 is 27.4 Å². The van der Waals surface area contributed by atoms with Crippen LogP contribution in [0.15, 0.2) is 0 Å². The summed E-state index contributed by atoms with van der Waals surface area (Å²) < 4.78 is 15.4. The van der Waals surface area contributed by atoms with Crippen molar-refractivity contribution in [1.82, 2.24) is 0 Å². The highest BCUT2D eigenvalue weighted by molar-refractivity contribution is 9.00. The molecule has 2 rings (SSSR count). The van der Waals surface area contributed by atoms with E-state index in [2.05, 4.69) is 6.92 Å². The van der Waals surface area contributed by atoms with Crippen molar-refractivity contribution in [2.24, 2.45) is 0 Å². The second-order valence-electron chi connectivity index (χ2n) is 3.93. The minimum Gasteiger partial charge on any atom is -0.379 e. The Balaban J connectivity index is 2.08. The molecule has 0 spiro atoms. The first-order valence-electron chi connectivity index (χ1n) is 5.61. The molecule has 17 heavy (non-hydrogen) atoms. The Morgan fingerprint density at radius 2 is 2.06 bits per heavy atom. The largest absolute Gasteiger partial charge is 0.379 e.